The summed E-state index contributed by atoms with van der Waals surface area (Å²) in [5.41, 5.74) is 0.279. The second kappa shape index (κ2) is 8.51. The van der Waals surface area contributed by atoms with Crippen LogP contribution in [0, 0.1) is 0 Å². The molecule has 19 heavy (non-hydrogen) atoms. The number of pyridine rings is 1. The number of carbonyl (C=O) groups excluding carboxylic acids is 1. The number of rotatable bonds is 8. The molecule has 0 aliphatic heterocycles. The predicted octanol–water partition coefficient (Wildman–Crippen LogP) is 2.48. The van der Waals surface area contributed by atoms with Crippen LogP contribution >= 0.6 is 0 Å². The van der Waals surface area contributed by atoms with Gasteiger partial charge in [0.1, 0.15) is 0 Å². The molecule has 0 aliphatic rings. The molecule has 0 bridgehead atoms. The molecule has 0 saturated carbocycles. The summed E-state index contributed by atoms with van der Waals surface area (Å²) in [6.07, 6.45) is 8.81. The van der Waals surface area contributed by atoms with Gasteiger partial charge in [-0.05, 0) is 12.5 Å². The molecule has 106 valence electrons. The van der Waals surface area contributed by atoms with Crippen LogP contribution in [-0.4, -0.2) is 17.0 Å². The third-order valence-electron chi connectivity index (χ3n) is 3.18. The van der Waals surface area contributed by atoms with Crippen molar-refractivity contribution in [3.63, 3.8) is 0 Å². The maximum Gasteiger partial charge on any atom is 0.251 e. The topological polar surface area (TPSA) is 51.1 Å². The zero-order chi connectivity index (χ0) is 14.1. The molecule has 0 unspecified atom stereocenters. The molecule has 0 spiro atoms. The van der Waals surface area contributed by atoms with Gasteiger partial charge in [0, 0.05) is 31.4 Å². The van der Waals surface area contributed by atoms with Crippen LogP contribution in [0.4, 0.5) is 0 Å². The van der Waals surface area contributed by atoms with Crippen LogP contribution in [0.1, 0.15) is 55.8 Å². The van der Waals surface area contributed by atoms with Gasteiger partial charge in [-0.15, -0.1) is 0 Å². The Bertz CT molecular complexity index is 452. The van der Waals surface area contributed by atoms with E-state index in [4.69, 9.17) is 0 Å². The van der Waals surface area contributed by atoms with E-state index >= 15 is 0 Å². The number of carbonyl (C=O) groups is 1. The van der Waals surface area contributed by atoms with Gasteiger partial charge >= 0.3 is 0 Å². The molecule has 0 saturated heterocycles. The van der Waals surface area contributed by atoms with Crippen molar-refractivity contribution in [2.75, 3.05) is 6.54 Å². The van der Waals surface area contributed by atoms with Crippen molar-refractivity contribution in [1.82, 2.24) is 9.88 Å². The molecule has 4 nitrogen and oxygen atoms in total. The normalized spacial score (nSPS) is 10.4. The van der Waals surface area contributed by atoms with Crippen LogP contribution in [0.2, 0.25) is 0 Å². The van der Waals surface area contributed by atoms with Crippen molar-refractivity contribution in [3.8, 4) is 0 Å². The summed E-state index contributed by atoms with van der Waals surface area (Å²) in [6.45, 7) is 2.88. The molecule has 0 atom stereocenters. The first-order valence-electron chi connectivity index (χ1n) is 7.10. The van der Waals surface area contributed by atoms with Crippen molar-refractivity contribution < 1.29 is 4.79 Å². The van der Waals surface area contributed by atoms with Gasteiger partial charge in [0.05, 0.1) is 0 Å². The Morgan fingerprint density at radius 3 is 2.58 bits per heavy atom. The highest BCUT2D eigenvalue weighted by Crippen LogP contribution is 2.04. The van der Waals surface area contributed by atoms with E-state index in [2.05, 4.69) is 12.2 Å². The van der Waals surface area contributed by atoms with Gasteiger partial charge in [0.25, 0.3) is 11.5 Å². The Balaban J connectivity index is 2.24. The lowest BCUT2D eigenvalue weighted by atomic mass is 10.1. The predicted molar refractivity (Wildman–Crippen MR) is 77.4 cm³/mol. The summed E-state index contributed by atoms with van der Waals surface area (Å²) in [7, 11) is 1.67. The average molecular weight is 264 g/mol. The minimum Gasteiger partial charge on any atom is -0.352 e. The quantitative estimate of drug-likeness (QED) is 0.733. The minimum absolute atomic E-state index is 0.160. The largest absolute Gasteiger partial charge is 0.352 e. The molecule has 0 aromatic carbocycles. The fourth-order valence-electron chi connectivity index (χ4n) is 1.90. The first-order valence-corrected chi connectivity index (χ1v) is 7.10. The van der Waals surface area contributed by atoms with E-state index in [0.717, 1.165) is 12.8 Å². The smallest absolute Gasteiger partial charge is 0.251 e. The van der Waals surface area contributed by atoms with Crippen LogP contribution in [-0.2, 0) is 7.05 Å². The van der Waals surface area contributed by atoms with Crippen molar-refractivity contribution >= 4 is 5.91 Å². The summed E-state index contributed by atoms with van der Waals surface area (Å²) in [4.78, 5) is 23.2. The van der Waals surface area contributed by atoms with Crippen LogP contribution in [0.15, 0.2) is 23.1 Å². The third kappa shape index (κ3) is 5.73. The first kappa shape index (κ1) is 15.5. The molecule has 1 aromatic heterocycles. The van der Waals surface area contributed by atoms with Crippen LogP contribution in [0.3, 0.4) is 0 Å². The second-order valence-electron chi connectivity index (χ2n) is 4.89. The molecule has 0 radical (unpaired) electrons. The van der Waals surface area contributed by atoms with E-state index in [1.807, 2.05) is 0 Å². The average Bonchev–Trinajstić information content (AvgIpc) is 2.40. The van der Waals surface area contributed by atoms with Crippen molar-refractivity contribution in [2.24, 2.45) is 7.05 Å². The number of amides is 1. The molecule has 1 rings (SSSR count). The third-order valence-corrected chi connectivity index (χ3v) is 3.18. The van der Waals surface area contributed by atoms with Crippen LogP contribution in [0.25, 0.3) is 0 Å². The number of unbranched alkanes of at least 4 members (excludes halogenated alkanes) is 5. The molecular formula is C15H24N2O2. The zero-order valence-electron chi connectivity index (χ0n) is 11.9. The molecule has 1 amide bonds. The van der Waals surface area contributed by atoms with Gasteiger partial charge in [-0.1, -0.05) is 39.0 Å². The van der Waals surface area contributed by atoms with E-state index in [-0.39, 0.29) is 11.5 Å². The Labute approximate surface area is 114 Å². The lowest BCUT2D eigenvalue weighted by Gasteiger charge is -2.05. The number of nitrogens with zero attached hydrogens (tertiary/aromatic N) is 1. The number of aryl methyl sites for hydroxylation is 1. The van der Waals surface area contributed by atoms with E-state index < -0.39 is 0 Å². The van der Waals surface area contributed by atoms with Gasteiger partial charge in [0.2, 0.25) is 0 Å². The fraction of sp³-hybridized carbons (Fsp3) is 0.600. The van der Waals surface area contributed by atoms with E-state index in [1.54, 1.807) is 19.3 Å². The van der Waals surface area contributed by atoms with Gasteiger partial charge in [-0.2, -0.15) is 0 Å². The summed E-state index contributed by atoms with van der Waals surface area (Å²) in [6, 6.07) is 3.04. The molecule has 4 heteroatoms. The lowest BCUT2D eigenvalue weighted by Crippen LogP contribution is -2.26. The highest BCUT2D eigenvalue weighted by Gasteiger charge is 2.05. The molecule has 0 aliphatic carbocycles. The molecule has 0 fully saturated rings. The van der Waals surface area contributed by atoms with Gasteiger partial charge in [-0.25, -0.2) is 0 Å². The van der Waals surface area contributed by atoms with Gasteiger partial charge in [0.15, 0.2) is 0 Å². The molecule has 1 aromatic rings. The fourth-order valence-corrected chi connectivity index (χ4v) is 1.90. The highest BCUT2D eigenvalue weighted by molar-refractivity contribution is 5.93. The standard InChI is InChI=1S/C15H24N2O2/c1-3-4-5-6-7-8-10-16-15(19)13-9-11-17(2)14(18)12-13/h9,11-12H,3-8,10H2,1-2H3,(H,16,19). The van der Waals surface area contributed by atoms with Gasteiger partial charge < -0.3 is 9.88 Å². The van der Waals surface area contributed by atoms with Crippen molar-refractivity contribution in [2.45, 2.75) is 45.4 Å². The summed E-state index contributed by atoms with van der Waals surface area (Å²) >= 11 is 0. The number of nitrogens with one attached hydrogen (secondary N) is 1. The van der Waals surface area contributed by atoms with E-state index in [0.29, 0.717) is 12.1 Å². The highest BCUT2D eigenvalue weighted by atomic mass is 16.2. The molecule has 1 heterocycles. The van der Waals surface area contributed by atoms with E-state index in [1.165, 1.54) is 36.3 Å². The maximum absolute atomic E-state index is 11.8. The Hall–Kier alpha value is -1.58. The Morgan fingerprint density at radius 2 is 1.89 bits per heavy atom. The number of hydrogen-bond donors (Lipinski definition) is 1. The minimum atomic E-state index is -0.161. The maximum atomic E-state index is 11.8. The SMILES string of the molecule is CCCCCCCCNC(=O)c1ccn(C)c(=O)c1. The summed E-state index contributed by atoms with van der Waals surface area (Å²) in [5, 5.41) is 2.85. The number of aromatic nitrogens is 1. The monoisotopic (exact) mass is 264 g/mol. The zero-order valence-corrected chi connectivity index (χ0v) is 11.9. The second-order valence-corrected chi connectivity index (χ2v) is 4.89. The Kier molecular flexibility index (Phi) is 6.93. The molecule has 1 N–H and O–H groups in total. The number of hydrogen-bond acceptors (Lipinski definition) is 2. The Morgan fingerprint density at radius 1 is 1.21 bits per heavy atom. The molecular weight excluding hydrogens is 240 g/mol. The first-order chi connectivity index (χ1) is 9.15. The van der Waals surface area contributed by atoms with E-state index in [9.17, 15) is 9.59 Å². The van der Waals surface area contributed by atoms with Gasteiger partial charge in [-0.3, -0.25) is 9.59 Å². The van der Waals surface area contributed by atoms with Crippen molar-refractivity contribution in [1.29, 1.82) is 0 Å². The lowest BCUT2D eigenvalue weighted by molar-refractivity contribution is 0.0952. The van der Waals surface area contributed by atoms with Crippen LogP contribution < -0.4 is 10.9 Å². The van der Waals surface area contributed by atoms with Crippen molar-refractivity contribution in [3.05, 3.63) is 34.2 Å². The summed E-state index contributed by atoms with van der Waals surface area (Å²) in [5.74, 6) is -0.161. The van der Waals surface area contributed by atoms with Crippen LogP contribution in [0.5, 0.6) is 0 Å². The summed E-state index contributed by atoms with van der Waals surface area (Å²) < 4.78 is 1.45.